The quantitative estimate of drug-likeness (QED) is 0.607. The monoisotopic (exact) mass is 389 g/mol. The maximum absolute atomic E-state index is 13.2. The predicted octanol–water partition coefficient (Wildman–Crippen LogP) is 3.04. The van der Waals surface area contributed by atoms with Crippen molar-refractivity contribution < 1.29 is 17.0 Å². The van der Waals surface area contributed by atoms with E-state index in [9.17, 15) is 12.8 Å². The number of nitrogens with zero attached hydrogens (tertiary/aromatic N) is 2. The Morgan fingerprint density at radius 1 is 1.37 bits per heavy atom. The minimum absolute atomic E-state index is 0.279. The van der Waals surface area contributed by atoms with Crippen LogP contribution in [0.1, 0.15) is 40.8 Å². The number of nitrogens with one attached hydrogen (secondary N) is 1. The van der Waals surface area contributed by atoms with Crippen LogP contribution >= 0.6 is 0 Å². The third-order valence-electron chi connectivity index (χ3n) is 4.48. The normalized spacial score (nSPS) is 17.8. The number of rotatable bonds is 6. The van der Waals surface area contributed by atoms with Crippen LogP contribution < -0.4 is 0 Å². The third-order valence-corrected chi connectivity index (χ3v) is 5.06. The average Bonchev–Trinajstić information content (AvgIpc) is 3.01. The summed E-state index contributed by atoms with van der Waals surface area (Å²) < 4.78 is 41.4. The molecule has 2 unspecified atom stereocenters. The minimum atomic E-state index is -3.60. The summed E-state index contributed by atoms with van der Waals surface area (Å²) in [6.45, 7) is 0. The molecular formula is C19H20FN3O3S. The second kappa shape index (κ2) is 7.66. The summed E-state index contributed by atoms with van der Waals surface area (Å²) in [5.41, 5.74) is 3.16. The first-order chi connectivity index (χ1) is 12.8. The fourth-order valence-electron chi connectivity index (χ4n) is 3.35. The number of pyridine rings is 1. The van der Waals surface area contributed by atoms with Gasteiger partial charge >= 0.3 is 0 Å². The zero-order chi connectivity index (χ0) is 19.6. The number of benzene rings is 1. The topological polar surface area (TPSA) is 92.5 Å². The van der Waals surface area contributed by atoms with E-state index in [1.54, 1.807) is 31.6 Å². The number of aromatic nitrogens is 1. The van der Waals surface area contributed by atoms with Crippen LogP contribution in [0.3, 0.4) is 0 Å². The molecule has 0 bridgehead atoms. The SMILES string of the molecule is CN=CC(C(=N)c1ccc(F)cc1)c1ccnc2c1CCC2OS(C)(=O)=O. The molecule has 0 aliphatic heterocycles. The Morgan fingerprint density at radius 3 is 2.70 bits per heavy atom. The van der Waals surface area contributed by atoms with Gasteiger partial charge < -0.3 is 5.41 Å². The van der Waals surface area contributed by atoms with Gasteiger partial charge in [-0.1, -0.05) is 12.1 Å². The highest BCUT2D eigenvalue weighted by Gasteiger charge is 2.32. The number of hydrogen-bond acceptors (Lipinski definition) is 6. The van der Waals surface area contributed by atoms with Crippen LogP contribution in [0.25, 0.3) is 0 Å². The van der Waals surface area contributed by atoms with Crippen molar-refractivity contribution in [2.75, 3.05) is 13.3 Å². The van der Waals surface area contributed by atoms with Gasteiger partial charge in [-0.25, -0.2) is 4.39 Å². The second-order valence-electron chi connectivity index (χ2n) is 6.40. The molecule has 1 N–H and O–H groups in total. The lowest BCUT2D eigenvalue weighted by Gasteiger charge is -2.18. The standard InChI is InChI=1S/C19H20FN3O3S/c1-22-11-16(18(21)12-3-5-13(20)6-4-12)14-9-10-23-19-15(14)7-8-17(19)26-27(2,24)25/h3-6,9-11,16-17,21H,7-8H2,1-2H3. The zero-order valence-corrected chi connectivity index (χ0v) is 15.8. The molecule has 27 heavy (non-hydrogen) atoms. The van der Waals surface area contributed by atoms with E-state index >= 15 is 0 Å². The maximum Gasteiger partial charge on any atom is 0.265 e. The molecule has 2 atom stereocenters. The molecule has 3 rings (SSSR count). The molecule has 6 nitrogen and oxygen atoms in total. The molecule has 1 aliphatic rings. The van der Waals surface area contributed by atoms with E-state index in [4.69, 9.17) is 9.59 Å². The number of fused-ring (bicyclic) bond motifs is 1. The van der Waals surface area contributed by atoms with Gasteiger partial charge in [0.15, 0.2) is 0 Å². The summed E-state index contributed by atoms with van der Waals surface area (Å²) in [5, 5.41) is 8.59. The van der Waals surface area contributed by atoms with E-state index in [0.717, 1.165) is 17.4 Å². The van der Waals surface area contributed by atoms with Gasteiger partial charge in [0.2, 0.25) is 0 Å². The molecule has 1 aromatic heterocycles. The summed E-state index contributed by atoms with van der Waals surface area (Å²) in [5.74, 6) is -0.813. The Balaban J connectivity index is 2.00. The summed E-state index contributed by atoms with van der Waals surface area (Å²) in [6, 6.07) is 7.57. The van der Waals surface area contributed by atoms with Crippen LogP contribution in [0.5, 0.6) is 0 Å². The van der Waals surface area contributed by atoms with E-state index in [0.29, 0.717) is 24.1 Å². The van der Waals surface area contributed by atoms with Crippen molar-refractivity contribution in [1.82, 2.24) is 4.98 Å². The first kappa shape index (κ1) is 19.3. The molecule has 142 valence electrons. The Bertz CT molecular complexity index is 988. The van der Waals surface area contributed by atoms with E-state index in [1.165, 1.54) is 12.1 Å². The first-order valence-corrected chi connectivity index (χ1v) is 10.2. The largest absolute Gasteiger partial charge is 0.304 e. The van der Waals surface area contributed by atoms with Crippen molar-refractivity contribution in [3.8, 4) is 0 Å². The number of halogens is 1. The van der Waals surface area contributed by atoms with Crippen LogP contribution in [-0.4, -0.2) is 38.6 Å². The highest BCUT2D eigenvalue weighted by molar-refractivity contribution is 7.86. The lowest BCUT2D eigenvalue weighted by molar-refractivity contribution is 0.213. The van der Waals surface area contributed by atoms with E-state index in [-0.39, 0.29) is 11.5 Å². The summed E-state index contributed by atoms with van der Waals surface area (Å²) >= 11 is 0. The molecule has 2 aromatic rings. The lowest BCUT2D eigenvalue weighted by atomic mass is 9.88. The Labute approximate surface area is 157 Å². The summed E-state index contributed by atoms with van der Waals surface area (Å²) in [4.78, 5) is 8.41. The van der Waals surface area contributed by atoms with E-state index < -0.39 is 22.1 Å². The van der Waals surface area contributed by atoms with Gasteiger partial charge in [0, 0.05) is 19.5 Å². The van der Waals surface area contributed by atoms with E-state index in [2.05, 4.69) is 9.98 Å². The Hall–Kier alpha value is -2.45. The number of hydrogen-bond donors (Lipinski definition) is 1. The molecule has 0 fully saturated rings. The smallest absolute Gasteiger partial charge is 0.265 e. The molecule has 0 spiro atoms. The number of aliphatic imine (C=N–C) groups is 1. The van der Waals surface area contributed by atoms with Crippen molar-refractivity contribution in [1.29, 1.82) is 5.41 Å². The van der Waals surface area contributed by atoms with Crippen molar-refractivity contribution in [3.05, 3.63) is 64.7 Å². The second-order valence-corrected chi connectivity index (χ2v) is 8.00. The molecule has 0 saturated carbocycles. The molecule has 1 heterocycles. The minimum Gasteiger partial charge on any atom is -0.304 e. The molecule has 0 amide bonds. The fourth-order valence-corrected chi connectivity index (χ4v) is 3.96. The molecule has 0 radical (unpaired) electrons. The van der Waals surface area contributed by atoms with Crippen LogP contribution in [0.15, 0.2) is 41.5 Å². The van der Waals surface area contributed by atoms with Crippen LogP contribution in [0, 0.1) is 11.2 Å². The Kier molecular flexibility index (Phi) is 5.48. The van der Waals surface area contributed by atoms with Crippen LogP contribution in [0.2, 0.25) is 0 Å². The van der Waals surface area contributed by atoms with Crippen molar-refractivity contribution in [3.63, 3.8) is 0 Å². The molecule has 1 aliphatic carbocycles. The zero-order valence-electron chi connectivity index (χ0n) is 15.0. The average molecular weight is 389 g/mol. The van der Waals surface area contributed by atoms with Crippen molar-refractivity contribution in [2.24, 2.45) is 4.99 Å². The first-order valence-electron chi connectivity index (χ1n) is 8.42. The Morgan fingerprint density at radius 2 is 2.07 bits per heavy atom. The maximum atomic E-state index is 13.2. The van der Waals surface area contributed by atoms with Crippen molar-refractivity contribution in [2.45, 2.75) is 24.9 Å². The van der Waals surface area contributed by atoms with Gasteiger partial charge in [-0.3, -0.25) is 14.2 Å². The van der Waals surface area contributed by atoms with Crippen LogP contribution in [-0.2, 0) is 20.7 Å². The highest BCUT2D eigenvalue weighted by atomic mass is 32.2. The van der Waals surface area contributed by atoms with Gasteiger partial charge in [-0.2, -0.15) is 8.42 Å². The van der Waals surface area contributed by atoms with Gasteiger partial charge in [-0.15, -0.1) is 0 Å². The molecule has 1 aromatic carbocycles. The lowest BCUT2D eigenvalue weighted by Crippen LogP contribution is -2.17. The molecular weight excluding hydrogens is 369 g/mol. The van der Waals surface area contributed by atoms with Crippen molar-refractivity contribution >= 4 is 22.0 Å². The third kappa shape index (κ3) is 4.28. The molecule has 0 saturated heterocycles. The van der Waals surface area contributed by atoms with E-state index in [1.807, 2.05) is 6.07 Å². The summed E-state index contributed by atoms with van der Waals surface area (Å²) in [7, 11) is -1.97. The molecule has 8 heteroatoms. The predicted molar refractivity (Wildman–Crippen MR) is 102 cm³/mol. The van der Waals surface area contributed by atoms with Gasteiger partial charge in [0.1, 0.15) is 11.9 Å². The van der Waals surface area contributed by atoms with Gasteiger partial charge in [0.25, 0.3) is 10.1 Å². The van der Waals surface area contributed by atoms with Gasteiger partial charge in [-0.05, 0) is 47.7 Å². The van der Waals surface area contributed by atoms with Gasteiger partial charge in [0.05, 0.1) is 23.6 Å². The summed E-state index contributed by atoms with van der Waals surface area (Å²) in [6.07, 6.45) is 4.76. The van der Waals surface area contributed by atoms with Crippen LogP contribution in [0.4, 0.5) is 4.39 Å². The highest BCUT2D eigenvalue weighted by Crippen LogP contribution is 2.38. The fraction of sp³-hybridized carbons (Fsp3) is 0.316.